The Morgan fingerprint density at radius 2 is 2.25 bits per heavy atom. The van der Waals surface area contributed by atoms with E-state index >= 15 is 0 Å². The van der Waals surface area contributed by atoms with Gasteiger partial charge in [0.05, 0.1) is 17.9 Å². The fraction of sp³-hybridized carbons (Fsp3) is 0.462. The zero-order valence-corrected chi connectivity index (χ0v) is 12.2. The minimum Gasteiger partial charge on any atom is -0.326 e. The lowest BCUT2D eigenvalue weighted by Gasteiger charge is -2.13. The maximum Gasteiger partial charge on any atom is 0.294 e. The van der Waals surface area contributed by atoms with Gasteiger partial charge in [0, 0.05) is 11.1 Å². The number of hydrogen-bond donors (Lipinski definition) is 2. The molecule has 20 heavy (non-hydrogen) atoms. The first-order chi connectivity index (χ1) is 9.69. The number of imidazole rings is 1. The fourth-order valence-corrected chi connectivity index (χ4v) is 3.36. The maximum absolute atomic E-state index is 11.4. The minimum atomic E-state index is -0.342. The van der Waals surface area contributed by atoms with Gasteiger partial charge in [-0.15, -0.1) is 11.3 Å². The van der Waals surface area contributed by atoms with Gasteiger partial charge in [0.2, 0.25) is 0 Å². The Labute approximate surface area is 121 Å². The van der Waals surface area contributed by atoms with E-state index in [0.29, 0.717) is 11.6 Å². The minimum absolute atomic E-state index is 0.342. The second-order valence-corrected chi connectivity index (χ2v) is 5.82. The molecular weight excluding hydrogens is 274 g/mol. The van der Waals surface area contributed by atoms with E-state index < -0.39 is 0 Å². The normalized spacial score (nSPS) is 14.1. The molecule has 0 spiro atoms. The van der Waals surface area contributed by atoms with Crippen molar-refractivity contribution in [3.63, 3.8) is 0 Å². The summed E-state index contributed by atoms with van der Waals surface area (Å²) in [6, 6.07) is 0. The number of thiazole rings is 1. The summed E-state index contributed by atoms with van der Waals surface area (Å²) in [4.78, 5) is 20.4. The van der Waals surface area contributed by atoms with E-state index in [0.717, 1.165) is 24.4 Å². The molecule has 0 fully saturated rings. The van der Waals surface area contributed by atoms with E-state index in [1.165, 1.54) is 35.6 Å². The summed E-state index contributed by atoms with van der Waals surface area (Å²) in [5, 5.41) is 2.30. The number of carbonyl (C=O) groups is 1. The second kappa shape index (κ2) is 5.34. The first-order valence-corrected chi connectivity index (χ1v) is 7.57. The number of rotatable bonds is 3. The van der Waals surface area contributed by atoms with Crippen molar-refractivity contribution in [2.75, 3.05) is 0 Å². The molecule has 3 N–H and O–H groups in total. The summed E-state index contributed by atoms with van der Waals surface area (Å²) in [7, 11) is 0. The molecule has 1 aliphatic rings. The van der Waals surface area contributed by atoms with Crippen molar-refractivity contribution in [1.29, 1.82) is 0 Å². The highest BCUT2D eigenvalue weighted by atomic mass is 32.1. The topological polar surface area (TPSA) is 85.8 Å². The predicted octanol–water partition coefficient (Wildman–Crippen LogP) is 1.18. The average molecular weight is 291 g/mol. The molecule has 0 unspecified atom stereocenters. The maximum atomic E-state index is 11.4. The Kier molecular flexibility index (Phi) is 3.54. The number of amides is 1. The van der Waals surface area contributed by atoms with Crippen LogP contribution in [0.25, 0.3) is 0 Å². The first-order valence-electron chi connectivity index (χ1n) is 6.69. The van der Waals surface area contributed by atoms with Gasteiger partial charge in [0.15, 0.2) is 5.01 Å². The van der Waals surface area contributed by atoms with Gasteiger partial charge < -0.3 is 4.57 Å². The number of nitrogens with zero attached hydrogens (tertiary/aromatic N) is 3. The molecule has 6 nitrogen and oxygen atoms in total. The van der Waals surface area contributed by atoms with Gasteiger partial charge in [0.25, 0.3) is 5.91 Å². The highest BCUT2D eigenvalue weighted by Gasteiger charge is 2.19. The van der Waals surface area contributed by atoms with Crippen molar-refractivity contribution < 1.29 is 4.79 Å². The van der Waals surface area contributed by atoms with Crippen LogP contribution in [-0.4, -0.2) is 20.4 Å². The van der Waals surface area contributed by atoms with E-state index in [-0.39, 0.29) is 5.91 Å². The molecule has 0 radical (unpaired) electrons. The molecule has 3 rings (SSSR count). The number of hydrogen-bond acceptors (Lipinski definition) is 5. The Balaban J connectivity index is 1.86. The summed E-state index contributed by atoms with van der Waals surface area (Å²) < 4.78 is 2.22. The number of nitrogens with one attached hydrogen (secondary N) is 1. The summed E-state index contributed by atoms with van der Waals surface area (Å²) in [5.74, 6) is 5.80. The predicted molar refractivity (Wildman–Crippen MR) is 76.5 cm³/mol. The molecule has 1 amide bonds. The van der Waals surface area contributed by atoms with Crippen molar-refractivity contribution in [3.8, 4) is 0 Å². The molecule has 0 atom stereocenters. The second-order valence-electron chi connectivity index (χ2n) is 4.96. The van der Waals surface area contributed by atoms with Crippen molar-refractivity contribution >= 4 is 17.2 Å². The zero-order valence-electron chi connectivity index (χ0n) is 11.3. The molecule has 0 aliphatic heterocycles. The Morgan fingerprint density at radius 3 is 3.05 bits per heavy atom. The smallest absolute Gasteiger partial charge is 0.294 e. The SMILES string of the molecule is Cc1nc2c(n1Cc1csc(C(=O)NN)n1)CCCC2. The van der Waals surface area contributed by atoms with Crippen LogP contribution in [0.1, 0.15) is 45.5 Å². The number of aromatic nitrogens is 3. The Bertz CT molecular complexity index is 645. The molecule has 1 aliphatic carbocycles. The summed E-state index contributed by atoms with van der Waals surface area (Å²) in [5.41, 5.74) is 5.53. The standard InChI is InChI=1S/C13H17N5OS/c1-8-15-10-4-2-3-5-11(10)18(8)6-9-7-20-13(16-9)12(19)17-14/h7H,2-6,14H2,1H3,(H,17,19). The van der Waals surface area contributed by atoms with Crippen LogP contribution in [0.15, 0.2) is 5.38 Å². The third-order valence-corrected chi connectivity index (χ3v) is 4.51. The van der Waals surface area contributed by atoms with Crippen LogP contribution in [0, 0.1) is 6.92 Å². The van der Waals surface area contributed by atoms with Gasteiger partial charge in [0.1, 0.15) is 5.82 Å². The molecule has 2 aromatic heterocycles. The molecule has 0 saturated heterocycles. The van der Waals surface area contributed by atoms with E-state index in [9.17, 15) is 4.79 Å². The fourth-order valence-electron chi connectivity index (χ4n) is 2.65. The average Bonchev–Trinajstić information content (AvgIpc) is 3.04. The number of nitrogen functional groups attached to an aromatic ring is 1. The molecule has 2 heterocycles. The first kappa shape index (κ1) is 13.3. The van der Waals surface area contributed by atoms with E-state index in [4.69, 9.17) is 5.84 Å². The number of fused-ring (bicyclic) bond motifs is 1. The highest BCUT2D eigenvalue weighted by Crippen LogP contribution is 2.23. The summed E-state index contributed by atoms with van der Waals surface area (Å²) in [6.07, 6.45) is 4.59. The number of aryl methyl sites for hydroxylation is 2. The largest absolute Gasteiger partial charge is 0.326 e. The zero-order chi connectivity index (χ0) is 14.1. The van der Waals surface area contributed by atoms with Gasteiger partial charge in [-0.3, -0.25) is 10.2 Å². The van der Waals surface area contributed by atoms with Crippen LogP contribution in [0.4, 0.5) is 0 Å². The van der Waals surface area contributed by atoms with Crippen molar-refractivity contribution in [3.05, 3.63) is 33.3 Å². The van der Waals surface area contributed by atoms with Gasteiger partial charge in [-0.2, -0.15) is 0 Å². The molecule has 0 bridgehead atoms. The van der Waals surface area contributed by atoms with Gasteiger partial charge in [-0.1, -0.05) is 0 Å². The third-order valence-electron chi connectivity index (χ3n) is 3.62. The molecule has 106 valence electrons. The van der Waals surface area contributed by atoms with Gasteiger partial charge >= 0.3 is 0 Å². The van der Waals surface area contributed by atoms with Gasteiger partial charge in [-0.05, 0) is 32.6 Å². The molecule has 7 heteroatoms. The van der Waals surface area contributed by atoms with Crippen LogP contribution in [0.3, 0.4) is 0 Å². The molecule has 0 aromatic carbocycles. The Morgan fingerprint density at radius 1 is 1.45 bits per heavy atom. The lowest BCUT2D eigenvalue weighted by atomic mass is 10.0. The van der Waals surface area contributed by atoms with Crippen molar-refractivity contribution in [1.82, 2.24) is 20.0 Å². The Hall–Kier alpha value is -1.73. The van der Waals surface area contributed by atoms with E-state index in [2.05, 4.69) is 20.0 Å². The summed E-state index contributed by atoms with van der Waals surface area (Å²) >= 11 is 1.31. The van der Waals surface area contributed by atoms with Crippen LogP contribution in [-0.2, 0) is 19.4 Å². The lowest BCUT2D eigenvalue weighted by Crippen LogP contribution is -2.29. The molecule has 0 saturated carbocycles. The number of hydrazine groups is 1. The van der Waals surface area contributed by atoms with Crippen molar-refractivity contribution in [2.24, 2.45) is 5.84 Å². The number of nitrogens with two attached hydrogens (primary N) is 1. The quantitative estimate of drug-likeness (QED) is 0.505. The molecule has 2 aromatic rings. The van der Waals surface area contributed by atoms with Crippen LogP contribution in [0.2, 0.25) is 0 Å². The third kappa shape index (κ3) is 2.34. The van der Waals surface area contributed by atoms with Crippen LogP contribution < -0.4 is 11.3 Å². The molecular formula is C13H17N5OS. The lowest BCUT2D eigenvalue weighted by molar-refractivity contribution is 0.0953. The number of carbonyl (C=O) groups excluding carboxylic acids is 1. The van der Waals surface area contributed by atoms with Gasteiger partial charge in [-0.25, -0.2) is 15.8 Å². The highest BCUT2D eigenvalue weighted by molar-refractivity contribution is 7.11. The van der Waals surface area contributed by atoms with E-state index in [1.807, 2.05) is 12.3 Å². The van der Waals surface area contributed by atoms with E-state index in [1.54, 1.807) is 0 Å². The summed E-state index contributed by atoms with van der Waals surface area (Å²) in [6.45, 7) is 2.70. The van der Waals surface area contributed by atoms with Crippen molar-refractivity contribution in [2.45, 2.75) is 39.2 Å². The van der Waals surface area contributed by atoms with Crippen LogP contribution >= 0.6 is 11.3 Å². The monoisotopic (exact) mass is 291 g/mol. The van der Waals surface area contributed by atoms with Crippen LogP contribution in [0.5, 0.6) is 0 Å².